The van der Waals surface area contributed by atoms with Crippen LogP contribution in [0.1, 0.15) is 32.3 Å². The van der Waals surface area contributed by atoms with E-state index in [1.807, 2.05) is 50.3 Å². The average molecular weight is 540 g/mol. The Balaban J connectivity index is 1.49. The van der Waals surface area contributed by atoms with Gasteiger partial charge in [-0.1, -0.05) is 24.1 Å². The van der Waals surface area contributed by atoms with E-state index in [1.165, 1.54) is 4.90 Å². The summed E-state index contributed by atoms with van der Waals surface area (Å²) in [5.74, 6) is 6.34. The second-order valence-electron chi connectivity index (χ2n) is 10.8. The number of halogens is 3. The fraction of sp³-hybridized carbons (Fsp3) is 0.500. The zero-order chi connectivity index (χ0) is 28.2. The molecule has 0 aromatic heterocycles. The van der Waals surface area contributed by atoms with Crippen molar-refractivity contribution in [1.29, 1.82) is 5.26 Å². The maximum atomic E-state index is 13.6. The number of likely N-dealkylation sites (tertiary alicyclic amines) is 1. The molecule has 2 unspecified atom stereocenters. The molecule has 3 aliphatic rings. The summed E-state index contributed by atoms with van der Waals surface area (Å²) in [5, 5.41) is 16.3. The second-order valence-corrected chi connectivity index (χ2v) is 10.8. The molecule has 1 aromatic rings. The first-order valence-electron chi connectivity index (χ1n) is 13.2. The first kappa shape index (κ1) is 28.6. The molecule has 0 spiro atoms. The van der Waals surface area contributed by atoms with E-state index >= 15 is 0 Å². The van der Waals surface area contributed by atoms with E-state index < -0.39 is 18.1 Å². The Kier molecular flexibility index (Phi) is 8.64. The van der Waals surface area contributed by atoms with Crippen LogP contribution in [0.25, 0.3) is 0 Å². The number of piperidine rings is 1. The van der Waals surface area contributed by atoms with Crippen molar-refractivity contribution in [3.63, 3.8) is 0 Å². The number of alkyl halides is 3. The Morgan fingerprint density at radius 1 is 1.18 bits per heavy atom. The number of nitrogens with zero attached hydrogens (tertiary/aromatic N) is 3. The van der Waals surface area contributed by atoms with Gasteiger partial charge in [0, 0.05) is 23.7 Å². The predicted octanol–water partition coefficient (Wildman–Crippen LogP) is 4.80. The van der Waals surface area contributed by atoms with Gasteiger partial charge in [0.2, 0.25) is 0 Å². The third-order valence-corrected chi connectivity index (χ3v) is 7.52. The number of ether oxygens (including phenoxy) is 1. The average Bonchev–Trinajstić information content (AvgIpc) is 3.24. The molecule has 2 N–H and O–H groups in total. The number of allylic oxidation sites excluding steroid dienone is 3. The summed E-state index contributed by atoms with van der Waals surface area (Å²) in [4.78, 5) is 3.59. The van der Waals surface area contributed by atoms with Crippen LogP contribution < -0.4 is 15.4 Å². The van der Waals surface area contributed by atoms with Crippen LogP contribution in [0.15, 0.2) is 53.9 Å². The van der Waals surface area contributed by atoms with Crippen LogP contribution in [0.5, 0.6) is 5.75 Å². The van der Waals surface area contributed by atoms with Crippen molar-refractivity contribution in [3.05, 3.63) is 59.5 Å². The van der Waals surface area contributed by atoms with E-state index in [2.05, 4.69) is 40.5 Å². The highest BCUT2D eigenvalue weighted by Crippen LogP contribution is 2.38. The Morgan fingerprint density at radius 2 is 1.92 bits per heavy atom. The van der Waals surface area contributed by atoms with Gasteiger partial charge >= 0.3 is 6.18 Å². The van der Waals surface area contributed by atoms with Crippen molar-refractivity contribution in [2.24, 2.45) is 5.92 Å². The highest BCUT2D eigenvalue weighted by Gasteiger charge is 2.40. The van der Waals surface area contributed by atoms with Crippen LogP contribution in [0.4, 0.5) is 18.9 Å². The molecule has 6 nitrogen and oxygen atoms in total. The molecule has 1 aromatic carbocycles. The molecule has 0 amide bonds. The maximum absolute atomic E-state index is 13.6. The minimum atomic E-state index is -4.36. The Morgan fingerprint density at radius 3 is 2.59 bits per heavy atom. The fourth-order valence-corrected chi connectivity index (χ4v) is 5.18. The van der Waals surface area contributed by atoms with Crippen LogP contribution in [0.2, 0.25) is 0 Å². The molecule has 2 aliphatic heterocycles. The quantitative estimate of drug-likeness (QED) is 0.486. The molecular formula is C30H36F3N5O. The molecule has 1 fully saturated rings. The minimum Gasteiger partial charge on any atom is -0.495 e. The summed E-state index contributed by atoms with van der Waals surface area (Å²) in [7, 11) is 3.65. The third kappa shape index (κ3) is 6.98. The molecule has 2 heterocycles. The SMILES string of the molecule is COc1cc(C(C)(C)C#N)ccc1NCC#CC1=CC2C(=CC=CC2NC2CCN(C)CC2)N1CC(F)(F)F. The molecule has 0 radical (unpaired) electrons. The number of nitriles is 1. The molecule has 4 rings (SSSR count). The standard InChI is InChI=1S/C30H36F3N5O/c1-29(2,19-34)21-10-11-26(28(17-21)39-4)35-14-6-7-23-18-24-25(36-22-12-15-37(3)16-13-22)8-5-9-27(24)38(23)20-30(31,32)33/h5,8-11,17-18,22,24-25,35-36H,12-16,20H2,1-4H3. The third-order valence-electron chi connectivity index (χ3n) is 7.52. The van der Waals surface area contributed by atoms with Crippen molar-refractivity contribution in [2.75, 3.05) is 45.7 Å². The normalized spacial score (nSPS) is 21.8. The van der Waals surface area contributed by atoms with E-state index in [-0.39, 0.29) is 18.5 Å². The van der Waals surface area contributed by atoms with Gasteiger partial charge < -0.3 is 25.2 Å². The van der Waals surface area contributed by atoms with Crippen LogP contribution >= 0.6 is 0 Å². The number of hydrogen-bond acceptors (Lipinski definition) is 6. The molecule has 0 bridgehead atoms. The Bertz CT molecular complexity index is 1240. The second kappa shape index (κ2) is 11.8. The molecule has 1 saturated heterocycles. The van der Waals surface area contributed by atoms with Crippen LogP contribution in [-0.4, -0.2) is 68.4 Å². The van der Waals surface area contributed by atoms with Crippen molar-refractivity contribution < 1.29 is 17.9 Å². The summed E-state index contributed by atoms with van der Waals surface area (Å²) < 4.78 is 46.1. The predicted molar refractivity (Wildman–Crippen MR) is 147 cm³/mol. The van der Waals surface area contributed by atoms with Crippen LogP contribution in [-0.2, 0) is 5.41 Å². The summed E-state index contributed by atoms with van der Waals surface area (Å²) in [6.07, 6.45) is 5.17. The maximum Gasteiger partial charge on any atom is 0.406 e. The van der Waals surface area contributed by atoms with Gasteiger partial charge in [-0.2, -0.15) is 18.4 Å². The highest BCUT2D eigenvalue weighted by atomic mass is 19.4. The number of nitrogens with one attached hydrogen (secondary N) is 2. The lowest BCUT2D eigenvalue weighted by molar-refractivity contribution is -0.137. The molecule has 0 saturated carbocycles. The van der Waals surface area contributed by atoms with Gasteiger partial charge in [-0.15, -0.1) is 0 Å². The molecule has 1 aliphatic carbocycles. The van der Waals surface area contributed by atoms with Gasteiger partial charge in [0.25, 0.3) is 0 Å². The van der Waals surface area contributed by atoms with E-state index in [1.54, 1.807) is 13.2 Å². The van der Waals surface area contributed by atoms with Gasteiger partial charge in [0.05, 0.1) is 36.5 Å². The number of rotatable bonds is 7. The number of hydrogen-bond donors (Lipinski definition) is 2. The molecule has 39 heavy (non-hydrogen) atoms. The van der Waals surface area contributed by atoms with Crippen LogP contribution in [0, 0.1) is 29.1 Å². The van der Waals surface area contributed by atoms with Gasteiger partial charge in [0.15, 0.2) is 0 Å². The zero-order valence-electron chi connectivity index (χ0n) is 22.9. The number of methoxy groups -OCH3 is 1. The largest absolute Gasteiger partial charge is 0.495 e. The van der Waals surface area contributed by atoms with Crippen molar-refractivity contribution in [3.8, 4) is 23.7 Å². The molecule has 9 heteroatoms. The van der Waals surface area contributed by atoms with Crippen LogP contribution in [0.3, 0.4) is 0 Å². The number of fused-ring (bicyclic) bond motifs is 1. The topological polar surface area (TPSA) is 63.6 Å². The van der Waals surface area contributed by atoms with Gasteiger partial charge in [-0.05, 0) is 82.6 Å². The van der Waals surface area contributed by atoms with E-state index in [4.69, 9.17) is 4.74 Å². The number of benzene rings is 1. The smallest absolute Gasteiger partial charge is 0.406 e. The first-order chi connectivity index (χ1) is 18.5. The summed E-state index contributed by atoms with van der Waals surface area (Å²) in [6, 6.07) is 8.02. The Labute approximate surface area is 229 Å². The Hall–Kier alpha value is -3.40. The van der Waals surface area contributed by atoms with E-state index in [0.29, 0.717) is 28.9 Å². The number of anilines is 1. The summed E-state index contributed by atoms with van der Waals surface area (Å²) >= 11 is 0. The van der Waals surface area contributed by atoms with E-state index in [9.17, 15) is 18.4 Å². The van der Waals surface area contributed by atoms with E-state index in [0.717, 1.165) is 31.5 Å². The van der Waals surface area contributed by atoms with Gasteiger partial charge in [-0.3, -0.25) is 0 Å². The molecule has 2 atom stereocenters. The lowest BCUT2D eigenvalue weighted by Gasteiger charge is -2.35. The molecular weight excluding hydrogens is 503 g/mol. The summed E-state index contributed by atoms with van der Waals surface area (Å²) in [6.45, 7) is 4.81. The fourth-order valence-electron chi connectivity index (χ4n) is 5.18. The minimum absolute atomic E-state index is 0.0769. The van der Waals surface area contributed by atoms with Crippen molar-refractivity contribution >= 4 is 5.69 Å². The summed E-state index contributed by atoms with van der Waals surface area (Å²) in [5.41, 5.74) is 1.84. The first-order valence-corrected chi connectivity index (χ1v) is 13.2. The lowest BCUT2D eigenvalue weighted by atomic mass is 9.86. The highest BCUT2D eigenvalue weighted by molar-refractivity contribution is 5.60. The lowest BCUT2D eigenvalue weighted by Crippen LogP contribution is -2.47. The van der Waals surface area contributed by atoms with Gasteiger partial charge in [0.1, 0.15) is 12.3 Å². The zero-order valence-corrected chi connectivity index (χ0v) is 22.9. The van der Waals surface area contributed by atoms with Crippen molar-refractivity contribution in [2.45, 2.75) is 50.4 Å². The van der Waals surface area contributed by atoms with Crippen molar-refractivity contribution in [1.82, 2.24) is 15.1 Å². The monoisotopic (exact) mass is 539 g/mol. The molecule has 208 valence electrons. The van der Waals surface area contributed by atoms with Gasteiger partial charge in [-0.25, -0.2) is 0 Å².